The molecule has 1 aromatic heterocycles. The number of nitrogen functional groups attached to an aromatic ring is 1. The van der Waals surface area contributed by atoms with E-state index in [0.717, 1.165) is 14.4 Å². The maximum Gasteiger partial charge on any atom is 0.357 e. The summed E-state index contributed by atoms with van der Waals surface area (Å²) < 4.78 is 4.34. The standard InChI is InChI=1S/C4H3IN2O2S/c5-3-1(6)2(4(8)9)7-10-3/h6H2,(H,8,9). The second-order valence-corrected chi connectivity index (χ2v) is 4.11. The minimum atomic E-state index is -1.07. The van der Waals surface area contributed by atoms with Crippen LogP contribution in [0.2, 0.25) is 0 Å². The lowest BCUT2D eigenvalue weighted by molar-refractivity contribution is 0.0693. The van der Waals surface area contributed by atoms with E-state index < -0.39 is 5.97 Å². The predicted octanol–water partition coefficient (Wildman–Crippen LogP) is 1.03. The average molecular weight is 270 g/mol. The van der Waals surface area contributed by atoms with E-state index in [0.29, 0.717) is 0 Å². The Balaban J connectivity index is 3.17. The zero-order valence-corrected chi connectivity index (χ0v) is 7.64. The Morgan fingerprint density at radius 3 is 2.60 bits per heavy atom. The fourth-order valence-electron chi connectivity index (χ4n) is 0.431. The highest BCUT2D eigenvalue weighted by atomic mass is 127. The van der Waals surface area contributed by atoms with Crippen molar-refractivity contribution in [2.45, 2.75) is 0 Å². The number of hydrogen-bond acceptors (Lipinski definition) is 4. The molecule has 0 aliphatic carbocycles. The van der Waals surface area contributed by atoms with Crippen molar-refractivity contribution in [3.8, 4) is 0 Å². The van der Waals surface area contributed by atoms with E-state index in [1.807, 2.05) is 22.6 Å². The summed E-state index contributed by atoms with van der Waals surface area (Å²) in [5.41, 5.74) is 5.58. The highest BCUT2D eigenvalue weighted by Crippen LogP contribution is 2.22. The largest absolute Gasteiger partial charge is 0.476 e. The number of carboxylic acids is 1. The summed E-state index contributed by atoms with van der Waals surface area (Å²) in [6.07, 6.45) is 0. The van der Waals surface area contributed by atoms with E-state index in [1.54, 1.807) is 0 Å². The van der Waals surface area contributed by atoms with Crippen LogP contribution in [-0.4, -0.2) is 15.4 Å². The highest BCUT2D eigenvalue weighted by molar-refractivity contribution is 14.1. The van der Waals surface area contributed by atoms with Crippen molar-refractivity contribution in [1.82, 2.24) is 4.37 Å². The first kappa shape index (κ1) is 7.73. The van der Waals surface area contributed by atoms with Crippen molar-refractivity contribution in [3.63, 3.8) is 0 Å². The highest BCUT2D eigenvalue weighted by Gasteiger charge is 2.13. The Bertz CT molecular complexity index is 272. The predicted molar refractivity (Wildman–Crippen MR) is 46.2 cm³/mol. The molecule has 0 fully saturated rings. The van der Waals surface area contributed by atoms with E-state index in [9.17, 15) is 4.79 Å². The van der Waals surface area contributed by atoms with Gasteiger partial charge in [0.15, 0.2) is 5.69 Å². The first-order valence-corrected chi connectivity index (χ1v) is 4.12. The molecule has 0 amide bonds. The normalized spacial score (nSPS) is 9.70. The lowest BCUT2D eigenvalue weighted by atomic mass is 10.4. The lowest BCUT2D eigenvalue weighted by Gasteiger charge is -1.87. The zero-order chi connectivity index (χ0) is 7.72. The molecule has 0 aliphatic rings. The Kier molecular flexibility index (Phi) is 2.09. The number of hydrogen-bond donors (Lipinski definition) is 2. The van der Waals surface area contributed by atoms with Gasteiger partial charge in [0.05, 0.1) is 5.69 Å². The van der Waals surface area contributed by atoms with Gasteiger partial charge in [0, 0.05) is 0 Å². The van der Waals surface area contributed by atoms with E-state index in [1.165, 1.54) is 0 Å². The molecule has 1 rings (SSSR count). The van der Waals surface area contributed by atoms with Crippen LogP contribution in [0.4, 0.5) is 5.69 Å². The van der Waals surface area contributed by atoms with Gasteiger partial charge in [-0.1, -0.05) is 0 Å². The van der Waals surface area contributed by atoms with Crippen molar-refractivity contribution < 1.29 is 9.90 Å². The van der Waals surface area contributed by atoms with Gasteiger partial charge in [0.1, 0.15) is 2.88 Å². The van der Waals surface area contributed by atoms with Crippen molar-refractivity contribution >= 4 is 45.8 Å². The number of rotatable bonds is 1. The van der Waals surface area contributed by atoms with Crippen LogP contribution in [0.3, 0.4) is 0 Å². The monoisotopic (exact) mass is 270 g/mol. The average Bonchev–Trinajstić information content (AvgIpc) is 2.14. The van der Waals surface area contributed by atoms with Gasteiger partial charge in [0.25, 0.3) is 0 Å². The maximum atomic E-state index is 10.3. The van der Waals surface area contributed by atoms with E-state index in [4.69, 9.17) is 10.8 Å². The molecule has 0 unspecified atom stereocenters. The first-order chi connectivity index (χ1) is 4.63. The molecule has 54 valence electrons. The molecule has 3 N–H and O–H groups in total. The molecule has 0 radical (unpaired) electrons. The number of carbonyl (C=O) groups is 1. The van der Waals surface area contributed by atoms with E-state index in [-0.39, 0.29) is 11.4 Å². The molecule has 4 nitrogen and oxygen atoms in total. The number of aromatic nitrogens is 1. The minimum Gasteiger partial charge on any atom is -0.476 e. The quantitative estimate of drug-likeness (QED) is 0.747. The second-order valence-electron chi connectivity index (χ2n) is 1.52. The molecule has 0 aliphatic heterocycles. The van der Waals surface area contributed by atoms with Crippen molar-refractivity contribution in [2.24, 2.45) is 0 Å². The van der Waals surface area contributed by atoms with Crippen LogP contribution in [0.25, 0.3) is 0 Å². The minimum absolute atomic E-state index is 0.0469. The number of nitrogens with zero attached hydrogens (tertiary/aromatic N) is 1. The molecule has 1 heterocycles. The third-order valence-electron chi connectivity index (χ3n) is 0.887. The SMILES string of the molecule is Nc1c(C(=O)O)nsc1I. The summed E-state index contributed by atoms with van der Waals surface area (Å²) in [6, 6.07) is 0. The molecule has 10 heavy (non-hydrogen) atoms. The van der Waals surface area contributed by atoms with Gasteiger partial charge in [0.2, 0.25) is 0 Å². The van der Waals surface area contributed by atoms with Gasteiger partial charge in [-0.25, -0.2) is 4.79 Å². The fourth-order valence-corrected chi connectivity index (χ4v) is 1.53. The number of nitrogens with two attached hydrogens (primary N) is 1. The van der Waals surface area contributed by atoms with Gasteiger partial charge in [-0.05, 0) is 34.1 Å². The summed E-state index contributed by atoms with van der Waals surface area (Å²) in [4.78, 5) is 10.3. The van der Waals surface area contributed by atoms with Gasteiger partial charge in [-0.3, -0.25) is 0 Å². The summed E-state index contributed by atoms with van der Waals surface area (Å²) in [6.45, 7) is 0. The number of carboxylic acid groups (broad SMARTS) is 1. The lowest BCUT2D eigenvalue weighted by Crippen LogP contribution is -2.00. The van der Waals surface area contributed by atoms with Gasteiger partial charge in [-0.15, -0.1) is 0 Å². The molecule has 1 aromatic rings. The molecule has 0 saturated carbocycles. The molecule has 0 bridgehead atoms. The first-order valence-electron chi connectivity index (χ1n) is 2.27. The Labute approximate surface area is 74.4 Å². The van der Waals surface area contributed by atoms with Crippen LogP contribution in [0, 0.1) is 2.88 Å². The molecule has 0 saturated heterocycles. The Morgan fingerprint density at radius 2 is 2.40 bits per heavy atom. The summed E-state index contributed by atoms with van der Waals surface area (Å²) in [5, 5.41) is 8.44. The van der Waals surface area contributed by atoms with Crippen molar-refractivity contribution in [2.75, 3.05) is 5.73 Å². The van der Waals surface area contributed by atoms with Gasteiger partial charge >= 0.3 is 5.97 Å². The zero-order valence-electron chi connectivity index (χ0n) is 4.67. The molecule has 6 heteroatoms. The maximum absolute atomic E-state index is 10.3. The molecular weight excluding hydrogens is 267 g/mol. The van der Waals surface area contributed by atoms with Crippen LogP contribution < -0.4 is 5.73 Å². The fraction of sp³-hybridized carbons (Fsp3) is 0. The van der Waals surface area contributed by atoms with Gasteiger partial charge < -0.3 is 10.8 Å². The van der Waals surface area contributed by atoms with Crippen LogP contribution in [0.15, 0.2) is 0 Å². The molecule has 0 atom stereocenters. The number of aromatic carboxylic acids is 1. The summed E-state index contributed by atoms with van der Waals surface area (Å²) in [5.74, 6) is -1.07. The van der Waals surface area contributed by atoms with Crippen molar-refractivity contribution in [3.05, 3.63) is 8.58 Å². The third-order valence-corrected chi connectivity index (χ3v) is 2.71. The number of anilines is 1. The topological polar surface area (TPSA) is 76.2 Å². The smallest absolute Gasteiger partial charge is 0.357 e. The summed E-state index contributed by atoms with van der Waals surface area (Å²) >= 11 is 3.04. The number of halogens is 1. The second kappa shape index (κ2) is 2.70. The molecule has 0 spiro atoms. The van der Waals surface area contributed by atoms with Crippen molar-refractivity contribution in [1.29, 1.82) is 0 Å². The van der Waals surface area contributed by atoms with Gasteiger partial charge in [-0.2, -0.15) is 4.37 Å². The van der Waals surface area contributed by atoms with E-state index >= 15 is 0 Å². The molecule has 0 aromatic carbocycles. The van der Waals surface area contributed by atoms with Crippen LogP contribution in [0.5, 0.6) is 0 Å². The van der Waals surface area contributed by atoms with Crippen LogP contribution in [-0.2, 0) is 0 Å². The van der Waals surface area contributed by atoms with Crippen LogP contribution in [0.1, 0.15) is 10.5 Å². The Morgan fingerprint density at radius 1 is 1.80 bits per heavy atom. The molecular formula is C4H3IN2O2S. The summed E-state index contributed by atoms with van der Waals surface area (Å²) in [7, 11) is 0. The Hall–Kier alpha value is -0.370. The van der Waals surface area contributed by atoms with E-state index in [2.05, 4.69) is 4.37 Å². The van der Waals surface area contributed by atoms with Crippen LogP contribution >= 0.6 is 34.1 Å². The third kappa shape index (κ3) is 1.21.